The maximum Gasteiger partial charge on any atom is 0.274 e. The summed E-state index contributed by atoms with van der Waals surface area (Å²) < 4.78 is 1.52. The Morgan fingerprint density at radius 1 is 1.59 bits per heavy atom. The number of carbonyl (C=O) groups excluding carboxylic acids is 2. The molecule has 3 rings (SSSR count). The number of hydrogen-bond acceptors (Lipinski definition) is 5. The monoisotopic (exact) mass is 319 g/mol. The van der Waals surface area contributed by atoms with Crippen molar-refractivity contribution in [1.29, 1.82) is 0 Å². The van der Waals surface area contributed by atoms with Gasteiger partial charge in [-0.1, -0.05) is 19.1 Å². The van der Waals surface area contributed by atoms with Crippen molar-refractivity contribution in [2.45, 2.75) is 33.0 Å². The summed E-state index contributed by atoms with van der Waals surface area (Å²) in [5.74, 6) is -0.390. The third-order valence-corrected chi connectivity index (χ3v) is 4.42. The highest BCUT2D eigenvalue weighted by Crippen LogP contribution is 2.16. The Bertz CT molecular complexity index is 692. The van der Waals surface area contributed by atoms with Gasteiger partial charge in [-0.25, -0.2) is 4.68 Å². The van der Waals surface area contributed by atoms with Crippen LogP contribution in [0.5, 0.6) is 0 Å². The summed E-state index contributed by atoms with van der Waals surface area (Å²) in [7, 11) is 0. The minimum Gasteiger partial charge on any atom is -0.346 e. The Balaban J connectivity index is 1.76. The molecule has 2 aromatic rings. The molecule has 0 saturated heterocycles. The standard InChI is InChI=1S/C14H17N5O2S/c1-8(2)10-6-19-12(14(21)16-10)11(17-18-19)13(20)15-5-9-3-4-22-7-9/h3-4,7-8,10H,5-6H2,1-2H3,(H,15,20)(H,16,21)/t10-/m1/s1. The number of amides is 2. The van der Waals surface area contributed by atoms with Gasteiger partial charge < -0.3 is 10.6 Å². The van der Waals surface area contributed by atoms with E-state index in [0.717, 1.165) is 5.56 Å². The lowest BCUT2D eigenvalue weighted by atomic mass is 10.0. The van der Waals surface area contributed by atoms with Crippen molar-refractivity contribution >= 4 is 23.2 Å². The Morgan fingerprint density at radius 2 is 2.41 bits per heavy atom. The van der Waals surface area contributed by atoms with E-state index >= 15 is 0 Å². The van der Waals surface area contributed by atoms with Crippen molar-refractivity contribution in [2.75, 3.05) is 0 Å². The number of nitrogens with one attached hydrogen (secondary N) is 2. The zero-order valence-corrected chi connectivity index (χ0v) is 13.2. The molecule has 116 valence electrons. The second-order valence-corrected chi connectivity index (χ2v) is 6.39. The summed E-state index contributed by atoms with van der Waals surface area (Å²) in [4.78, 5) is 24.5. The largest absolute Gasteiger partial charge is 0.346 e. The zero-order chi connectivity index (χ0) is 15.7. The van der Waals surface area contributed by atoms with E-state index in [9.17, 15) is 9.59 Å². The molecule has 0 saturated carbocycles. The molecule has 1 atom stereocenters. The predicted molar refractivity (Wildman–Crippen MR) is 81.6 cm³/mol. The van der Waals surface area contributed by atoms with E-state index in [1.165, 1.54) is 4.68 Å². The normalized spacial score (nSPS) is 17.2. The lowest BCUT2D eigenvalue weighted by Crippen LogP contribution is -2.48. The molecule has 0 aromatic carbocycles. The molecule has 7 nitrogen and oxygen atoms in total. The summed E-state index contributed by atoms with van der Waals surface area (Å²) in [6, 6.07) is 1.94. The van der Waals surface area contributed by atoms with Crippen LogP contribution < -0.4 is 10.6 Å². The van der Waals surface area contributed by atoms with Crippen LogP contribution in [-0.4, -0.2) is 32.9 Å². The molecular formula is C14H17N5O2S. The van der Waals surface area contributed by atoms with Crippen molar-refractivity contribution in [2.24, 2.45) is 5.92 Å². The van der Waals surface area contributed by atoms with E-state index in [1.807, 2.05) is 30.7 Å². The van der Waals surface area contributed by atoms with Crippen LogP contribution in [-0.2, 0) is 13.1 Å². The quantitative estimate of drug-likeness (QED) is 0.881. The Labute approximate surface area is 131 Å². The van der Waals surface area contributed by atoms with Gasteiger partial charge in [-0.3, -0.25) is 9.59 Å². The van der Waals surface area contributed by atoms with Crippen LogP contribution in [0.15, 0.2) is 16.8 Å². The maximum absolute atomic E-state index is 12.2. The smallest absolute Gasteiger partial charge is 0.274 e. The highest BCUT2D eigenvalue weighted by Gasteiger charge is 2.32. The minimum atomic E-state index is -0.384. The van der Waals surface area contributed by atoms with Crippen LogP contribution in [0.3, 0.4) is 0 Å². The van der Waals surface area contributed by atoms with E-state index < -0.39 is 0 Å². The third-order valence-electron chi connectivity index (χ3n) is 3.69. The van der Waals surface area contributed by atoms with Crippen molar-refractivity contribution in [1.82, 2.24) is 25.6 Å². The molecular weight excluding hydrogens is 302 g/mol. The average Bonchev–Trinajstić information content (AvgIpc) is 3.14. The molecule has 3 heterocycles. The number of nitrogens with zero attached hydrogens (tertiary/aromatic N) is 3. The van der Waals surface area contributed by atoms with E-state index in [4.69, 9.17) is 0 Å². The number of aromatic nitrogens is 3. The Morgan fingerprint density at radius 3 is 3.09 bits per heavy atom. The first kappa shape index (κ1) is 14.7. The number of rotatable bonds is 4. The minimum absolute atomic E-state index is 0.00316. The number of thiophene rings is 1. The Hall–Kier alpha value is -2.22. The van der Waals surface area contributed by atoms with Gasteiger partial charge in [-0.15, -0.1) is 5.10 Å². The van der Waals surface area contributed by atoms with Gasteiger partial charge in [0.05, 0.1) is 12.6 Å². The van der Waals surface area contributed by atoms with Gasteiger partial charge in [0, 0.05) is 6.54 Å². The fourth-order valence-corrected chi connectivity index (χ4v) is 2.99. The topological polar surface area (TPSA) is 88.9 Å². The van der Waals surface area contributed by atoms with Crippen LogP contribution in [0, 0.1) is 5.92 Å². The lowest BCUT2D eigenvalue weighted by molar-refractivity contribution is 0.0861. The van der Waals surface area contributed by atoms with Crippen molar-refractivity contribution < 1.29 is 9.59 Å². The molecule has 1 aliphatic heterocycles. The number of hydrogen-bond donors (Lipinski definition) is 2. The molecule has 2 aromatic heterocycles. The molecule has 8 heteroatoms. The van der Waals surface area contributed by atoms with Crippen LogP contribution in [0.1, 0.15) is 40.4 Å². The molecule has 2 N–H and O–H groups in total. The van der Waals surface area contributed by atoms with Crippen LogP contribution >= 0.6 is 11.3 Å². The zero-order valence-electron chi connectivity index (χ0n) is 12.4. The molecule has 0 spiro atoms. The van der Waals surface area contributed by atoms with E-state index in [2.05, 4.69) is 20.9 Å². The molecule has 1 aliphatic rings. The highest BCUT2D eigenvalue weighted by molar-refractivity contribution is 7.07. The van der Waals surface area contributed by atoms with Crippen LogP contribution in [0.2, 0.25) is 0 Å². The first-order valence-corrected chi connectivity index (χ1v) is 8.04. The molecule has 0 aliphatic carbocycles. The van der Waals surface area contributed by atoms with E-state index in [1.54, 1.807) is 11.3 Å². The second-order valence-electron chi connectivity index (χ2n) is 5.61. The SMILES string of the molecule is CC(C)[C@H]1Cn2nnc(C(=O)NCc3ccsc3)c2C(=O)N1. The van der Waals surface area contributed by atoms with E-state index in [-0.39, 0.29) is 35.2 Å². The van der Waals surface area contributed by atoms with Crippen molar-refractivity contribution in [3.05, 3.63) is 33.8 Å². The van der Waals surface area contributed by atoms with Crippen LogP contribution in [0.4, 0.5) is 0 Å². The molecule has 0 bridgehead atoms. The fourth-order valence-electron chi connectivity index (χ4n) is 2.32. The average molecular weight is 319 g/mol. The molecule has 22 heavy (non-hydrogen) atoms. The van der Waals surface area contributed by atoms with Crippen LogP contribution in [0.25, 0.3) is 0 Å². The number of fused-ring (bicyclic) bond motifs is 1. The molecule has 0 unspecified atom stereocenters. The van der Waals surface area contributed by atoms with Gasteiger partial charge in [0.15, 0.2) is 11.4 Å². The summed E-state index contributed by atoms with van der Waals surface area (Å²) in [5, 5.41) is 17.4. The molecule has 2 amide bonds. The summed E-state index contributed by atoms with van der Waals surface area (Å²) in [6.45, 7) is 5.00. The van der Waals surface area contributed by atoms with Gasteiger partial charge in [0.1, 0.15) is 0 Å². The third kappa shape index (κ3) is 2.74. The summed E-state index contributed by atoms with van der Waals surface area (Å²) in [5.41, 5.74) is 1.33. The molecule has 0 fully saturated rings. The van der Waals surface area contributed by atoms with E-state index in [0.29, 0.717) is 13.1 Å². The van der Waals surface area contributed by atoms with Gasteiger partial charge in [-0.05, 0) is 28.3 Å². The molecule has 0 radical (unpaired) electrons. The van der Waals surface area contributed by atoms with Gasteiger partial charge in [0.2, 0.25) is 0 Å². The lowest BCUT2D eigenvalue weighted by Gasteiger charge is -2.27. The first-order valence-electron chi connectivity index (χ1n) is 7.10. The van der Waals surface area contributed by atoms with Gasteiger partial charge >= 0.3 is 0 Å². The Kier molecular flexibility index (Phi) is 3.93. The van der Waals surface area contributed by atoms with Crippen molar-refractivity contribution in [3.63, 3.8) is 0 Å². The van der Waals surface area contributed by atoms with Crippen molar-refractivity contribution in [3.8, 4) is 0 Å². The fraction of sp³-hybridized carbons (Fsp3) is 0.429. The van der Waals surface area contributed by atoms with Gasteiger partial charge in [0.25, 0.3) is 11.8 Å². The highest BCUT2D eigenvalue weighted by atomic mass is 32.1. The number of carbonyl (C=O) groups is 2. The maximum atomic E-state index is 12.2. The van der Waals surface area contributed by atoms with Gasteiger partial charge in [-0.2, -0.15) is 11.3 Å². The summed E-state index contributed by atoms with van der Waals surface area (Å²) in [6.07, 6.45) is 0. The summed E-state index contributed by atoms with van der Waals surface area (Å²) >= 11 is 1.57. The predicted octanol–water partition coefficient (Wildman–Crippen LogP) is 1.04. The second kappa shape index (κ2) is 5.88. The first-order chi connectivity index (χ1) is 10.6.